The molecule has 0 aliphatic rings. The van der Waals surface area contributed by atoms with Gasteiger partial charge >= 0.3 is 0 Å². The molecule has 0 unspecified atom stereocenters. The van der Waals surface area contributed by atoms with E-state index in [1.807, 2.05) is 0 Å². The Labute approximate surface area is 141 Å². The number of hydrazone groups is 1. The summed E-state index contributed by atoms with van der Waals surface area (Å²) in [5.74, 6) is -0.974. The number of nitrogens with one attached hydrogen (secondary N) is 1. The zero-order chi connectivity index (χ0) is 16.9. The van der Waals surface area contributed by atoms with Crippen molar-refractivity contribution in [3.63, 3.8) is 0 Å². The van der Waals surface area contributed by atoms with Crippen LogP contribution in [0.1, 0.15) is 15.2 Å². The Morgan fingerprint density at radius 2 is 1.54 bits per heavy atom. The molecule has 1 amide bonds. The third kappa shape index (κ3) is 3.91. The third-order valence-corrected chi connectivity index (χ3v) is 4.34. The topological polar surface area (TPSA) is 41.5 Å². The van der Waals surface area contributed by atoms with Crippen molar-refractivity contribution in [3.8, 4) is 10.4 Å². The van der Waals surface area contributed by atoms with Gasteiger partial charge in [-0.3, -0.25) is 4.79 Å². The lowest BCUT2D eigenvalue weighted by atomic mass is 10.2. The predicted octanol–water partition coefficient (Wildman–Crippen LogP) is 4.46. The summed E-state index contributed by atoms with van der Waals surface area (Å²) >= 11 is 1.29. The lowest BCUT2D eigenvalue weighted by Crippen LogP contribution is -2.16. The van der Waals surface area contributed by atoms with Crippen molar-refractivity contribution in [2.24, 2.45) is 5.10 Å². The van der Waals surface area contributed by atoms with E-state index in [1.54, 1.807) is 36.4 Å². The van der Waals surface area contributed by atoms with Crippen LogP contribution in [0.3, 0.4) is 0 Å². The second kappa shape index (κ2) is 7.14. The molecule has 0 fully saturated rings. The quantitative estimate of drug-likeness (QED) is 0.552. The monoisotopic (exact) mass is 342 g/mol. The molecule has 6 heteroatoms. The predicted molar refractivity (Wildman–Crippen MR) is 91.2 cm³/mol. The first-order valence-corrected chi connectivity index (χ1v) is 7.88. The van der Waals surface area contributed by atoms with Crippen molar-refractivity contribution in [1.29, 1.82) is 0 Å². The van der Waals surface area contributed by atoms with Gasteiger partial charge in [0.2, 0.25) is 0 Å². The molecule has 0 aliphatic heterocycles. The average Bonchev–Trinajstić information content (AvgIpc) is 3.07. The van der Waals surface area contributed by atoms with Gasteiger partial charge in [-0.05, 0) is 47.5 Å². The van der Waals surface area contributed by atoms with Gasteiger partial charge < -0.3 is 0 Å². The van der Waals surface area contributed by atoms with Crippen molar-refractivity contribution in [1.82, 2.24) is 5.43 Å². The molecular weight excluding hydrogens is 330 g/mol. The van der Waals surface area contributed by atoms with Crippen molar-refractivity contribution < 1.29 is 13.6 Å². The number of carbonyl (C=O) groups is 1. The van der Waals surface area contributed by atoms with E-state index >= 15 is 0 Å². The second-order valence-electron chi connectivity index (χ2n) is 4.92. The number of carbonyl (C=O) groups excluding carboxylic acids is 1. The lowest BCUT2D eigenvalue weighted by Gasteiger charge is -1.97. The minimum absolute atomic E-state index is 0.302. The Kier molecular flexibility index (Phi) is 4.77. The maximum absolute atomic E-state index is 12.9. The Bertz CT molecular complexity index is 871. The molecule has 1 heterocycles. The maximum atomic E-state index is 12.9. The molecule has 2 aromatic carbocycles. The largest absolute Gasteiger partial charge is 0.281 e. The molecule has 120 valence electrons. The first-order chi connectivity index (χ1) is 11.6. The van der Waals surface area contributed by atoms with Gasteiger partial charge in [-0.2, -0.15) is 5.10 Å². The van der Waals surface area contributed by atoms with E-state index in [0.29, 0.717) is 10.4 Å². The van der Waals surface area contributed by atoms with Crippen molar-refractivity contribution in [3.05, 3.63) is 82.7 Å². The standard InChI is InChI=1S/C18H12F2N2OS/c19-14-5-1-12(2-6-14)11-21-22-18(23)17-10-9-16(24-17)13-3-7-15(20)8-4-13/h1-11H,(H,22,23)/b21-11-. The minimum atomic E-state index is -0.341. The average molecular weight is 342 g/mol. The fraction of sp³-hybridized carbons (Fsp3) is 0. The van der Waals surface area contributed by atoms with Crippen LogP contribution in [0.2, 0.25) is 0 Å². The molecule has 0 radical (unpaired) electrons. The molecule has 0 saturated carbocycles. The molecule has 0 atom stereocenters. The molecular formula is C18H12F2N2OS. The summed E-state index contributed by atoms with van der Waals surface area (Å²) < 4.78 is 25.7. The third-order valence-electron chi connectivity index (χ3n) is 3.21. The zero-order valence-corrected chi connectivity index (χ0v) is 13.2. The maximum Gasteiger partial charge on any atom is 0.281 e. The van der Waals surface area contributed by atoms with Crippen LogP contribution in [-0.4, -0.2) is 12.1 Å². The SMILES string of the molecule is O=C(N/N=C\c1ccc(F)cc1)c1ccc(-c2ccc(F)cc2)s1. The molecule has 3 rings (SSSR count). The molecule has 3 nitrogen and oxygen atoms in total. The summed E-state index contributed by atoms with van der Waals surface area (Å²) in [4.78, 5) is 13.4. The van der Waals surface area contributed by atoms with Gasteiger partial charge in [0, 0.05) is 4.88 Å². The number of halogens is 2. The molecule has 1 aromatic heterocycles. The van der Waals surface area contributed by atoms with E-state index in [2.05, 4.69) is 10.5 Å². The first kappa shape index (κ1) is 16.0. The molecule has 0 bridgehead atoms. The number of rotatable bonds is 4. The highest BCUT2D eigenvalue weighted by Gasteiger charge is 2.09. The highest BCUT2D eigenvalue weighted by Crippen LogP contribution is 2.28. The fourth-order valence-electron chi connectivity index (χ4n) is 2.00. The van der Waals surface area contributed by atoms with Crippen LogP contribution >= 0.6 is 11.3 Å². The van der Waals surface area contributed by atoms with Crippen molar-refractivity contribution >= 4 is 23.5 Å². The second-order valence-corrected chi connectivity index (χ2v) is 6.01. The molecule has 0 aliphatic carbocycles. The Morgan fingerprint density at radius 3 is 2.21 bits per heavy atom. The van der Waals surface area contributed by atoms with Gasteiger partial charge in [-0.1, -0.05) is 24.3 Å². The normalized spacial score (nSPS) is 10.9. The number of hydrogen-bond donors (Lipinski definition) is 1. The van der Waals surface area contributed by atoms with Gasteiger partial charge in [-0.15, -0.1) is 11.3 Å². The van der Waals surface area contributed by atoms with Gasteiger partial charge in [0.05, 0.1) is 11.1 Å². The van der Waals surface area contributed by atoms with E-state index in [9.17, 15) is 13.6 Å². The number of amides is 1. The van der Waals surface area contributed by atoms with Crippen LogP contribution in [0.4, 0.5) is 8.78 Å². The molecule has 24 heavy (non-hydrogen) atoms. The minimum Gasteiger partial charge on any atom is -0.266 e. The van der Waals surface area contributed by atoms with Crippen LogP contribution < -0.4 is 5.43 Å². The van der Waals surface area contributed by atoms with Gasteiger partial charge in [0.25, 0.3) is 5.91 Å². The summed E-state index contributed by atoms with van der Waals surface area (Å²) in [5, 5.41) is 3.85. The summed E-state index contributed by atoms with van der Waals surface area (Å²) in [5.41, 5.74) is 3.94. The number of benzene rings is 2. The first-order valence-electron chi connectivity index (χ1n) is 7.06. The van der Waals surface area contributed by atoms with Crippen LogP contribution in [0, 0.1) is 11.6 Å². The summed E-state index contributed by atoms with van der Waals surface area (Å²) in [6.45, 7) is 0. The highest BCUT2D eigenvalue weighted by molar-refractivity contribution is 7.17. The molecule has 0 saturated heterocycles. The number of hydrogen-bond acceptors (Lipinski definition) is 3. The Morgan fingerprint density at radius 1 is 0.917 bits per heavy atom. The fourth-order valence-corrected chi connectivity index (χ4v) is 2.90. The van der Waals surface area contributed by atoms with E-state index in [1.165, 1.54) is 41.8 Å². The van der Waals surface area contributed by atoms with E-state index in [4.69, 9.17) is 0 Å². The van der Waals surface area contributed by atoms with Crippen LogP contribution in [0.25, 0.3) is 10.4 Å². The zero-order valence-electron chi connectivity index (χ0n) is 12.4. The van der Waals surface area contributed by atoms with Crippen molar-refractivity contribution in [2.75, 3.05) is 0 Å². The van der Waals surface area contributed by atoms with Crippen LogP contribution in [0.5, 0.6) is 0 Å². The van der Waals surface area contributed by atoms with Crippen molar-refractivity contribution in [2.45, 2.75) is 0 Å². The summed E-state index contributed by atoms with van der Waals surface area (Å²) in [7, 11) is 0. The van der Waals surface area contributed by atoms with Gasteiger partial charge in [-0.25, -0.2) is 14.2 Å². The van der Waals surface area contributed by atoms with E-state index in [0.717, 1.165) is 10.4 Å². The van der Waals surface area contributed by atoms with Gasteiger partial charge in [0.1, 0.15) is 11.6 Å². The Hall–Kier alpha value is -2.86. The molecule has 1 N–H and O–H groups in total. The number of thiophene rings is 1. The van der Waals surface area contributed by atoms with Crippen LogP contribution in [-0.2, 0) is 0 Å². The summed E-state index contributed by atoms with van der Waals surface area (Å²) in [6.07, 6.45) is 1.44. The smallest absolute Gasteiger partial charge is 0.266 e. The lowest BCUT2D eigenvalue weighted by molar-refractivity contribution is 0.0959. The molecule has 3 aromatic rings. The van der Waals surface area contributed by atoms with Crippen LogP contribution in [0.15, 0.2) is 65.8 Å². The van der Waals surface area contributed by atoms with E-state index in [-0.39, 0.29) is 17.5 Å². The van der Waals surface area contributed by atoms with Gasteiger partial charge in [0.15, 0.2) is 0 Å². The highest BCUT2D eigenvalue weighted by atomic mass is 32.1. The summed E-state index contributed by atoms with van der Waals surface area (Å²) in [6, 6.07) is 15.3. The van der Waals surface area contributed by atoms with E-state index < -0.39 is 0 Å². The Balaban J connectivity index is 1.65. The molecule has 0 spiro atoms. The number of nitrogens with zero attached hydrogens (tertiary/aromatic N) is 1.